The van der Waals surface area contributed by atoms with Gasteiger partial charge in [-0.05, 0) is 44.6 Å². The Morgan fingerprint density at radius 3 is 2.73 bits per heavy atom. The Kier molecular flexibility index (Phi) is 8.51. The number of carbonyl (C=O) groups is 1. The van der Waals surface area contributed by atoms with Crippen molar-refractivity contribution in [1.82, 2.24) is 5.32 Å². The van der Waals surface area contributed by atoms with Crippen LogP contribution in [0.15, 0.2) is 24.3 Å². The number of rotatable bonds is 8. The van der Waals surface area contributed by atoms with Gasteiger partial charge < -0.3 is 15.4 Å². The number of ether oxygens (including phenoxy) is 1. The second-order valence-electron chi connectivity index (χ2n) is 5.51. The Labute approximate surface area is 138 Å². The van der Waals surface area contributed by atoms with Crippen molar-refractivity contribution < 1.29 is 9.53 Å². The molecule has 1 aromatic carbocycles. The summed E-state index contributed by atoms with van der Waals surface area (Å²) in [4.78, 5) is 11.8. The molecule has 1 amide bonds. The molecule has 0 bridgehead atoms. The molecule has 122 valence electrons. The number of hydrogen-bond acceptors (Lipinski definition) is 3. The molecule has 0 spiro atoms. The van der Waals surface area contributed by atoms with E-state index in [9.17, 15) is 4.79 Å². The molecular weight excluding hydrogens is 296 g/mol. The highest BCUT2D eigenvalue weighted by molar-refractivity contribution is 7.80. The Bertz CT molecular complexity index is 489. The van der Waals surface area contributed by atoms with Crippen LogP contribution in [0.3, 0.4) is 0 Å². The number of anilines is 1. The first kappa shape index (κ1) is 18.4. The summed E-state index contributed by atoms with van der Waals surface area (Å²) in [5.74, 6) is 0.733. The van der Waals surface area contributed by atoms with Crippen LogP contribution in [0.25, 0.3) is 0 Å². The van der Waals surface area contributed by atoms with E-state index in [-0.39, 0.29) is 12.0 Å². The lowest BCUT2D eigenvalue weighted by molar-refractivity contribution is -0.119. The number of amides is 1. The first-order chi connectivity index (χ1) is 10.5. The highest BCUT2D eigenvalue weighted by Crippen LogP contribution is 2.18. The minimum atomic E-state index is -0.0387. The van der Waals surface area contributed by atoms with Gasteiger partial charge in [0.05, 0.1) is 6.10 Å². The Morgan fingerprint density at radius 1 is 1.27 bits per heavy atom. The molecule has 0 heterocycles. The average molecular weight is 322 g/mol. The van der Waals surface area contributed by atoms with Crippen molar-refractivity contribution in [3.8, 4) is 5.75 Å². The van der Waals surface area contributed by atoms with E-state index in [0.29, 0.717) is 11.5 Å². The molecule has 1 rings (SSSR count). The van der Waals surface area contributed by atoms with Crippen LogP contribution in [0.2, 0.25) is 0 Å². The van der Waals surface area contributed by atoms with Crippen LogP contribution in [0, 0.1) is 0 Å². The molecule has 2 N–H and O–H groups in total. The minimum absolute atomic E-state index is 0.0387. The zero-order chi connectivity index (χ0) is 16.4. The third-order valence-corrected chi connectivity index (χ3v) is 3.18. The van der Waals surface area contributed by atoms with Crippen LogP contribution >= 0.6 is 12.2 Å². The Morgan fingerprint density at radius 2 is 2.05 bits per heavy atom. The predicted octanol–water partition coefficient (Wildman–Crippen LogP) is 4.26. The summed E-state index contributed by atoms with van der Waals surface area (Å²) >= 11 is 5.16. The summed E-state index contributed by atoms with van der Waals surface area (Å²) in [5, 5.41) is 6.04. The van der Waals surface area contributed by atoms with Crippen molar-refractivity contribution in [2.75, 3.05) is 5.32 Å². The quantitative estimate of drug-likeness (QED) is 0.555. The molecule has 0 saturated heterocycles. The summed E-state index contributed by atoms with van der Waals surface area (Å²) in [7, 11) is 0. The van der Waals surface area contributed by atoms with Crippen LogP contribution in [0.4, 0.5) is 5.69 Å². The van der Waals surface area contributed by atoms with E-state index in [4.69, 9.17) is 17.0 Å². The van der Waals surface area contributed by atoms with Gasteiger partial charge in [0.25, 0.3) is 0 Å². The Hall–Kier alpha value is -1.62. The number of hydrogen-bond donors (Lipinski definition) is 2. The van der Waals surface area contributed by atoms with E-state index in [1.807, 2.05) is 38.1 Å². The average Bonchev–Trinajstić information content (AvgIpc) is 2.43. The van der Waals surface area contributed by atoms with Gasteiger partial charge in [-0.25, -0.2) is 0 Å². The summed E-state index contributed by atoms with van der Waals surface area (Å²) in [5.41, 5.74) is 0.800. The maximum Gasteiger partial charge on any atom is 0.226 e. The largest absolute Gasteiger partial charge is 0.491 e. The third-order valence-electron chi connectivity index (χ3n) is 2.97. The normalized spacial score (nSPS) is 10.4. The topological polar surface area (TPSA) is 50.4 Å². The predicted molar refractivity (Wildman–Crippen MR) is 95.3 cm³/mol. The van der Waals surface area contributed by atoms with E-state index in [0.717, 1.165) is 30.7 Å². The van der Waals surface area contributed by atoms with Crippen molar-refractivity contribution in [3.63, 3.8) is 0 Å². The molecule has 0 aliphatic carbocycles. The van der Waals surface area contributed by atoms with E-state index in [2.05, 4.69) is 17.6 Å². The van der Waals surface area contributed by atoms with E-state index < -0.39 is 0 Å². The zero-order valence-electron chi connectivity index (χ0n) is 13.6. The molecular formula is C17H26N2O2S. The first-order valence-electron chi connectivity index (χ1n) is 7.88. The highest BCUT2D eigenvalue weighted by Gasteiger charge is 2.05. The summed E-state index contributed by atoms with van der Waals surface area (Å²) in [6.07, 6.45) is 4.94. The lowest BCUT2D eigenvalue weighted by Crippen LogP contribution is -2.33. The lowest BCUT2D eigenvalue weighted by atomic mass is 10.1. The van der Waals surface area contributed by atoms with Gasteiger partial charge in [0.1, 0.15) is 5.75 Å². The second kappa shape index (κ2) is 10.2. The molecule has 0 radical (unpaired) electrons. The maximum absolute atomic E-state index is 11.8. The van der Waals surface area contributed by atoms with Crippen molar-refractivity contribution in [2.45, 2.75) is 59.0 Å². The van der Waals surface area contributed by atoms with Gasteiger partial charge in [0.15, 0.2) is 5.11 Å². The van der Waals surface area contributed by atoms with Crippen molar-refractivity contribution in [3.05, 3.63) is 24.3 Å². The minimum Gasteiger partial charge on any atom is -0.491 e. The standard InChI is InChI=1S/C17H26N2O2S/c1-4-5-6-7-11-16(20)19-17(22)18-14-9-8-10-15(12-14)21-13(2)3/h8-10,12-13H,4-7,11H2,1-3H3,(H2,18,19,20,22). The molecule has 22 heavy (non-hydrogen) atoms. The fraction of sp³-hybridized carbons (Fsp3) is 0.529. The molecule has 5 heteroatoms. The SMILES string of the molecule is CCCCCCC(=O)NC(=S)Nc1cccc(OC(C)C)c1. The van der Waals surface area contributed by atoms with Crippen molar-refractivity contribution in [2.24, 2.45) is 0 Å². The number of carbonyl (C=O) groups excluding carboxylic acids is 1. The Balaban J connectivity index is 2.39. The lowest BCUT2D eigenvalue weighted by Gasteiger charge is -2.13. The van der Waals surface area contributed by atoms with Crippen molar-refractivity contribution >= 4 is 28.9 Å². The molecule has 0 aliphatic heterocycles. The smallest absolute Gasteiger partial charge is 0.226 e. The van der Waals surface area contributed by atoms with Crippen LogP contribution < -0.4 is 15.4 Å². The van der Waals surface area contributed by atoms with Crippen LogP contribution in [0.1, 0.15) is 52.9 Å². The zero-order valence-corrected chi connectivity index (χ0v) is 14.5. The van der Waals surface area contributed by atoms with Crippen molar-refractivity contribution in [1.29, 1.82) is 0 Å². The maximum atomic E-state index is 11.8. The van der Waals surface area contributed by atoms with Gasteiger partial charge in [0, 0.05) is 18.2 Å². The summed E-state index contributed by atoms with van der Waals surface area (Å²) in [6.45, 7) is 6.10. The fourth-order valence-electron chi connectivity index (χ4n) is 1.98. The van der Waals surface area contributed by atoms with E-state index in [1.54, 1.807) is 0 Å². The molecule has 0 aliphatic rings. The number of unbranched alkanes of at least 4 members (excludes halogenated alkanes) is 3. The number of benzene rings is 1. The molecule has 0 aromatic heterocycles. The highest BCUT2D eigenvalue weighted by atomic mass is 32.1. The molecule has 0 fully saturated rings. The fourth-order valence-corrected chi connectivity index (χ4v) is 2.21. The van der Waals surface area contributed by atoms with Gasteiger partial charge in [-0.2, -0.15) is 0 Å². The van der Waals surface area contributed by atoms with Crippen LogP contribution in [-0.4, -0.2) is 17.1 Å². The van der Waals surface area contributed by atoms with Crippen LogP contribution in [-0.2, 0) is 4.79 Å². The third kappa shape index (κ3) is 7.98. The van der Waals surface area contributed by atoms with Gasteiger partial charge >= 0.3 is 0 Å². The molecule has 1 aromatic rings. The van der Waals surface area contributed by atoms with E-state index >= 15 is 0 Å². The first-order valence-corrected chi connectivity index (χ1v) is 8.29. The monoisotopic (exact) mass is 322 g/mol. The molecule has 0 saturated carbocycles. The number of nitrogens with one attached hydrogen (secondary N) is 2. The van der Waals surface area contributed by atoms with Gasteiger partial charge in [-0.3, -0.25) is 4.79 Å². The summed E-state index contributed by atoms with van der Waals surface area (Å²) < 4.78 is 5.62. The second-order valence-corrected chi connectivity index (χ2v) is 5.92. The molecule has 0 atom stereocenters. The van der Waals surface area contributed by atoms with E-state index in [1.165, 1.54) is 6.42 Å². The van der Waals surface area contributed by atoms with Gasteiger partial charge in [0.2, 0.25) is 5.91 Å². The van der Waals surface area contributed by atoms with Gasteiger partial charge in [-0.1, -0.05) is 32.3 Å². The molecule has 4 nitrogen and oxygen atoms in total. The van der Waals surface area contributed by atoms with Gasteiger partial charge in [-0.15, -0.1) is 0 Å². The molecule has 0 unspecified atom stereocenters. The summed E-state index contributed by atoms with van der Waals surface area (Å²) in [6, 6.07) is 7.52. The number of thiocarbonyl (C=S) groups is 1. The van der Waals surface area contributed by atoms with Crippen LogP contribution in [0.5, 0.6) is 5.75 Å².